The number of carbonyl (C=O) groups is 1. The van der Waals surface area contributed by atoms with E-state index >= 15 is 0 Å². The van der Waals surface area contributed by atoms with Gasteiger partial charge in [-0.1, -0.05) is 17.8 Å². The van der Waals surface area contributed by atoms with Crippen molar-refractivity contribution in [3.8, 4) is 0 Å². The minimum absolute atomic E-state index is 0.0175. The molecule has 1 fully saturated rings. The fourth-order valence-corrected chi connectivity index (χ4v) is 2.78. The van der Waals surface area contributed by atoms with Crippen LogP contribution in [0.5, 0.6) is 0 Å². The zero-order chi connectivity index (χ0) is 13.2. The molecule has 6 heteroatoms. The van der Waals surface area contributed by atoms with Gasteiger partial charge in [0.25, 0.3) is 5.91 Å². The van der Waals surface area contributed by atoms with Crippen LogP contribution < -0.4 is 0 Å². The zero-order valence-electron chi connectivity index (χ0n) is 10.8. The lowest BCUT2D eigenvalue weighted by molar-refractivity contribution is -0.00191. The van der Waals surface area contributed by atoms with Gasteiger partial charge >= 0.3 is 0 Å². The molecule has 1 aromatic rings. The average Bonchev–Trinajstić information content (AvgIpc) is 2.77. The summed E-state index contributed by atoms with van der Waals surface area (Å²) in [5.74, 6) is 0.0175. The highest BCUT2D eigenvalue weighted by molar-refractivity contribution is 7.08. The molecule has 0 unspecified atom stereocenters. The van der Waals surface area contributed by atoms with Crippen LogP contribution in [0.1, 0.15) is 48.5 Å². The molecule has 0 bridgehead atoms. The highest BCUT2D eigenvalue weighted by Gasteiger charge is 2.31. The van der Waals surface area contributed by atoms with Crippen molar-refractivity contribution in [2.45, 2.75) is 45.1 Å². The second-order valence-corrected chi connectivity index (χ2v) is 5.84. The Bertz CT molecular complexity index is 421. The van der Waals surface area contributed by atoms with Crippen LogP contribution in [0.3, 0.4) is 0 Å². The second kappa shape index (κ2) is 5.32. The topological polar surface area (TPSA) is 66.3 Å². The van der Waals surface area contributed by atoms with Gasteiger partial charge in [0.05, 0.1) is 11.3 Å². The number of hydrogen-bond acceptors (Lipinski definition) is 5. The van der Waals surface area contributed by atoms with Gasteiger partial charge in [-0.05, 0) is 37.7 Å². The van der Waals surface area contributed by atoms with Gasteiger partial charge in [0.1, 0.15) is 4.88 Å². The maximum absolute atomic E-state index is 12.3. The Morgan fingerprint density at radius 3 is 2.78 bits per heavy atom. The molecule has 0 saturated carbocycles. The highest BCUT2D eigenvalue weighted by Crippen LogP contribution is 2.24. The van der Waals surface area contributed by atoms with E-state index in [2.05, 4.69) is 16.5 Å². The molecular formula is C12H19N3O2S. The van der Waals surface area contributed by atoms with Crippen LogP contribution >= 0.6 is 11.5 Å². The average molecular weight is 269 g/mol. The van der Waals surface area contributed by atoms with Crippen LogP contribution in [-0.4, -0.2) is 44.2 Å². The summed E-state index contributed by atoms with van der Waals surface area (Å²) >= 11 is 1.18. The summed E-state index contributed by atoms with van der Waals surface area (Å²) in [6.45, 7) is 5.10. The summed E-state index contributed by atoms with van der Waals surface area (Å²) in [7, 11) is 0. The van der Waals surface area contributed by atoms with Gasteiger partial charge in [0, 0.05) is 13.1 Å². The van der Waals surface area contributed by atoms with E-state index in [1.54, 1.807) is 4.90 Å². The van der Waals surface area contributed by atoms with Crippen molar-refractivity contribution in [3.05, 3.63) is 10.6 Å². The number of piperidine rings is 1. The minimum Gasteiger partial charge on any atom is -0.390 e. The monoisotopic (exact) mass is 269 g/mol. The smallest absolute Gasteiger partial charge is 0.267 e. The molecular weight excluding hydrogens is 250 g/mol. The standard InChI is InChI=1S/C12H19N3O2S/c1-3-4-9-10(18-14-13-9)11(16)15-7-5-12(2,17)6-8-15/h17H,3-8H2,1-2H3. The summed E-state index contributed by atoms with van der Waals surface area (Å²) in [6.07, 6.45) is 3.02. The largest absolute Gasteiger partial charge is 0.390 e. The first kappa shape index (κ1) is 13.4. The molecule has 0 radical (unpaired) electrons. The number of hydrogen-bond donors (Lipinski definition) is 1. The molecule has 1 aliphatic rings. The number of amides is 1. The van der Waals surface area contributed by atoms with Crippen LogP contribution in [0.4, 0.5) is 0 Å². The van der Waals surface area contributed by atoms with Crippen molar-refractivity contribution in [2.24, 2.45) is 0 Å². The van der Waals surface area contributed by atoms with Crippen molar-refractivity contribution in [3.63, 3.8) is 0 Å². The van der Waals surface area contributed by atoms with Crippen molar-refractivity contribution in [1.29, 1.82) is 0 Å². The Kier molecular flexibility index (Phi) is 3.97. The molecule has 5 nitrogen and oxygen atoms in total. The number of nitrogens with zero attached hydrogens (tertiary/aromatic N) is 3. The van der Waals surface area contributed by atoms with Gasteiger partial charge in [0.15, 0.2) is 0 Å². The number of carbonyl (C=O) groups excluding carboxylic acids is 1. The molecule has 0 aromatic carbocycles. The molecule has 1 N–H and O–H groups in total. The Labute approximate surface area is 111 Å². The maximum atomic E-state index is 12.3. The van der Waals surface area contributed by atoms with Gasteiger partial charge in [0.2, 0.25) is 0 Å². The van der Waals surface area contributed by atoms with E-state index in [0.717, 1.165) is 18.5 Å². The molecule has 1 saturated heterocycles. The lowest BCUT2D eigenvalue weighted by atomic mass is 9.94. The molecule has 2 rings (SSSR count). The molecule has 0 aliphatic carbocycles. The van der Waals surface area contributed by atoms with Crippen molar-refractivity contribution >= 4 is 17.4 Å². The summed E-state index contributed by atoms with van der Waals surface area (Å²) in [5.41, 5.74) is 0.180. The highest BCUT2D eigenvalue weighted by atomic mass is 32.1. The molecule has 0 atom stereocenters. The first-order valence-corrected chi connectivity index (χ1v) is 7.14. The predicted molar refractivity (Wildman–Crippen MR) is 69.7 cm³/mol. The molecule has 100 valence electrons. The second-order valence-electron chi connectivity index (χ2n) is 5.09. The normalized spacial score (nSPS) is 18.9. The van der Waals surface area contributed by atoms with E-state index in [0.29, 0.717) is 30.8 Å². The van der Waals surface area contributed by atoms with Crippen molar-refractivity contribution < 1.29 is 9.90 Å². The van der Waals surface area contributed by atoms with Crippen LogP contribution in [-0.2, 0) is 6.42 Å². The van der Waals surface area contributed by atoms with E-state index in [9.17, 15) is 9.90 Å². The third kappa shape index (κ3) is 2.87. The van der Waals surface area contributed by atoms with Crippen LogP contribution in [0.2, 0.25) is 0 Å². The van der Waals surface area contributed by atoms with Gasteiger partial charge < -0.3 is 10.0 Å². The first-order chi connectivity index (χ1) is 8.53. The molecule has 1 amide bonds. The van der Waals surface area contributed by atoms with Gasteiger partial charge in [-0.3, -0.25) is 4.79 Å². The Hall–Kier alpha value is -1.01. The van der Waals surface area contributed by atoms with Crippen molar-refractivity contribution in [2.75, 3.05) is 13.1 Å². The Morgan fingerprint density at radius 1 is 1.50 bits per heavy atom. The van der Waals surface area contributed by atoms with E-state index < -0.39 is 5.60 Å². The van der Waals surface area contributed by atoms with Crippen LogP contribution in [0.25, 0.3) is 0 Å². The lowest BCUT2D eigenvalue weighted by Gasteiger charge is -2.35. The summed E-state index contributed by atoms with van der Waals surface area (Å²) in [4.78, 5) is 14.8. The number of aliphatic hydroxyl groups is 1. The van der Waals surface area contributed by atoms with E-state index in [4.69, 9.17) is 0 Å². The number of aromatic nitrogens is 2. The fourth-order valence-electron chi connectivity index (χ4n) is 2.11. The van der Waals surface area contributed by atoms with Crippen LogP contribution in [0.15, 0.2) is 0 Å². The molecule has 0 spiro atoms. The number of likely N-dealkylation sites (tertiary alicyclic amines) is 1. The number of aryl methyl sites for hydroxylation is 1. The Balaban J connectivity index is 2.05. The molecule has 2 heterocycles. The fraction of sp³-hybridized carbons (Fsp3) is 0.750. The van der Waals surface area contributed by atoms with Gasteiger partial charge in [-0.2, -0.15) is 0 Å². The third-order valence-electron chi connectivity index (χ3n) is 3.36. The maximum Gasteiger partial charge on any atom is 0.267 e. The van der Waals surface area contributed by atoms with E-state index in [1.807, 2.05) is 6.92 Å². The van der Waals surface area contributed by atoms with Gasteiger partial charge in [-0.15, -0.1) is 5.10 Å². The minimum atomic E-state index is -0.630. The SMILES string of the molecule is CCCc1nnsc1C(=O)N1CCC(C)(O)CC1. The molecule has 1 aliphatic heterocycles. The first-order valence-electron chi connectivity index (χ1n) is 6.36. The van der Waals surface area contributed by atoms with Gasteiger partial charge in [-0.25, -0.2) is 0 Å². The number of rotatable bonds is 3. The van der Waals surface area contributed by atoms with E-state index in [1.165, 1.54) is 11.5 Å². The summed E-state index contributed by atoms with van der Waals surface area (Å²) in [6, 6.07) is 0. The third-order valence-corrected chi connectivity index (χ3v) is 4.12. The van der Waals surface area contributed by atoms with E-state index in [-0.39, 0.29) is 5.91 Å². The molecule has 1 aromatic heterocycles. The summed E-state index contributed by atoms with van der Waals surface area (Å²) < 4.78 is 3.88. The quantitative estimate of drug-likeness (QED) is 0.902. The predicted octanol–water partition coefficient (Wildman–Crippen LogP) is 1.48. The Morgan fingerprint density at radius 2 is 2.17 bits per heavy atom. The van der Waals surface area contributed by atoms with Crippen molar-refractivity contribution in [1.82, 2.24) is 14.5 Å². The lowest BCUT2D eigenvalue weighted by Crippen LogP contribution is -2.45. The molecule has 18 heavy (non-hydrogen) atoms. The summed E-state index contributed by atoms with van der Waals surface area (Å²) in [5, 5.41) is 13.9. The zero-order valence-corrected chi connectivity index (χ0v) is 11.7. The van der Waals surface area contributed by atoms with Crippen LogP contribution in [0, 0.1) is 0 Å².